The van der Waals surface area contributed by atoms with Gasteiger partial charge in [-0.05, 0) is 13.8 Å². The number of hydrogen-bond donors (Lipinski definition) is 0. The lowest BCUT2D eigenvalue weighted by Crippen LogP contribution is -1.79. The van der Waals surface area contributed by atoms with Gasteiger partial charge in [-0.2, -0.15) is 0 Å². The molecule has 1 aromatic rings. The first-order valence-electron chi connectivity index (χ1n) is 2.91. The molecule has 0 aliphatic heterocycles. The standard InChI is InChI=1S/C7H10N2/c1-7(2)5-9-4-3-8-6-9/h3-6H,1-2H3. The molecule has 1 aromatic heterocycles. The third-order valence-corrected chi connectivity index (χ3v) is 0.932. The minimum Gasteiger partial charge on any atom is -0.313 e. The topological polar surface area (TPSA) is 17.8 Å². The molecule has 9 heavy (non-hydrogen) atoms. The van der Waals surface area contributed by atoms with Crippen LogP contribution in [0.25, 0.3) is 6.20 Å². The Balaban J connectivity index is 2.80. The van der Waals surface area contributed by atoms with E-state index >= 15 is 0 Å². The summed E-state index contributed by atoms with van der Waals surface area (Å²) in [5.41, 5.74) is 1.27. The Morgan fingerprint density at radius 3 is 2.78 bits per heavy atom. The van der Waals surface area contributed by atoms with Crippen LogP contribution in [0.3, 0.4) is 0 Å². The Hall–Kier alpha value is -1.05. The molecule has 0 aliphatic carbocycles. The highest BCUT2D eigenvalue weighted by molar-refractivity contribution is 5.26. The van der Waals surface area contributed by atoms with E-state index in [2.05, 4.69) is 18.8 Å². The molecule has 2 nitrogen and oxygen atoms in total. The van der Waals surface area contributed by atoms with E-state index in [1.54, 1.807) is 12.5 Å². The molecule has 0 fully saturated rings. The van der Waals surface area contributed by atoms with Gasteiger partial charge in [-0.3, -0.25) is 0 Å². The third-order valence-electron chi connectivity index (χ3n) is 0.932. The molecule has 48 valence electrons. The minimum atomic E-state index is 1.27. The summed E-state index contributed by atoms with van der Waals surface area (Å²) in [5.74, 6) is 0. The zero-order chi connectivity index (χ0) is 6.69. The van der Waals surface area contributed by atoms with Crippen LogP contribution in [0.4, 0.5) is 0 Å². The summed E-state index contributed by atoms with van der Waals surface area (Å²) < 4.78 is 1.93. The summed E-state index contributed by atoms with van der Waals surface area (Å²) >= 11 is 0. The van der Waals surface area contributed by atoms with Gasteiger partial charge in [0.25, 0.3) is 0 Å². The Morgan fingerprint density at radius 2 is 2.33 bits per heavy atom. The highest BCUT2D eigenvalue weighted by Crippen LogP contribution is 1.93. The lowest BCUT2D eigenvalue weighted by molar-refractivity contribution is 1.12. The first-order chi connectivity index (χ1) is 4.29. The van der Waals surface area contributed by atoms with E-state index in [1.165, 1.54) is 5.57 Å². The van der Waals surface area contributed by atoms with Gasteiger partial charge < -0.3 is 4.57 Å². The summed E-state index contributed by atoms with van der Waals surface area (Å²) in [7, 11) is 0. The maximum atomic E-state index is 3.89. The smallest absolute Gasteiger partial charge is 0.0986 e. The van der Waals surface area contributed by atoms with Crippen LogP contribution in [0.2, 0.25) is 0 Å². The average Bonchev–Trinajstić information content (AvgIpc) is 2.15. The van der Waals surface area contributed by atoms with Crippen LogP contribution in [0.5, 0.6) is 0 Å². The molecule has 2 heteroatoms. The summed E-state index contributed by atoms with van der Waals surface area (Å²) in [6.07, 6.45) is 7.46. The summed E-state index contributed by atoms with van der Waals surface area (Å²) in [5, 5.41) is 0. The Morgan fingerprint density at radius 1 is 1.56 bits per heavy atom. The number of allylic oxidation sites excluding steroid dienone is 1. The molecule has 0 radical (unpaired) electrons. The van der Waals surface area contributed by atoms with Crippen molar-refractivity contribution in [3.63, 3.8) is 0 Å². The molecule has 0 amide bonds. The SMILES string of the molecule is CC(C)=Cn1ccnc1. The molecule has 0 spiro atoms. The molecule has 0 atom stereocenters. The van der Waals surface area contributed by atoms with Gasteiger partial charge >= 0.3 is 0 Å². The van der Waals surface area contributed by atoms with Crippen molar-refractivity contribution in [1.82, 2.24) is 9.55 Å². The predicted octanol–water partition coefficient (Wildman–Crippen LogP) is 1.76. The second kappa shape index (κ2) is 2.49. The summed E-state index contributed by atoms with van der Waals surface area (Å²) in [4.78, 5) is 3.89. The Labute approximate surface area is 54.8 Å². The number of imidazole rings is 1. The van der Waals surface area contributed by atoms with Crippen molar-refractivity contribution in [2.45, 2.75) is 13.8 Å². The summed E-state index contributed by atoms with van der Waals surface area (Å²) in [6, 6.07) is 0. The van der Waals surface area contributed by atoms with Crippen molar-refractivity contribution in [2.75, 3.05) is 0 Å². The quantitative estimate of drug-likeness (QED) is 0.555. The lowest BCUT2D eigenvalue weighted by atomic mass is 10.4. The van der Waals surface area contributed by atoms with Crippen LogP contribution in [-0.2, 0) is 0 Å². The van der Waals surface area contributed by atoms with E-state index in [4.69, 9.17) is 0 Å². The molecular formula is C7H10N2. The van der Waals surface area contributed by atoms with E-state index in [1.807, 2.05) is 17.0 Å². The maximum Gasteiger partial charge on any atom is 0.0986 e. The van der Waals surface area contributed by atoms with Gasteiger partial charge in [-0.25, -0.2) is 4.98 Å². The van der Waals surface area contributed by atoms with Crippen molar-refractivity contribution in [2.24, 2.45) is 0 Å². The van der Waals surface area contributed by atoms with Crippen LogP contribution in [0, 0.1) is 0 Å². The highest BCUT2D eigenvalue weighted by Gasteiger charge is 1.80. The monoisotopic (exact) mass is 122 g/mol. The zero-order valence-corrected chi connectivity index (χ0v) is 5.70. The fourth-order valence-corrected chi connectivity index (χ4v) is 0.644. The molecule has 0 unspecified atom stereocenters. The molecule has 0 saturated heterocycles. The second-order valence-electron chi connectivity index (χ2n) is 2.22. The number of rotatable bonds is 1. The number of hydrogen-bond acceptors (Lipinski definition) is 1. The maximum absolute atomic E-state index is 3.89. The largest absolute Gasteiger partial charge is 0.313 e. The van der Waals surface area contributed by atoms with Gasteiger partial charge in [0.2, 0.25) is 0 Å². The molecule has 1 heterocycles. The fourth-order valence-electron chi connectivity index (χ4n) is 0.644. The second-order valence-corrected chi connectivity index (χ2v) is 2.22. The van der Waals surface area contributed by atoms with Crippen molar-refractivity contribution < 1.29 is 0 Å². The van der Waals surface area contributed by atoms with E-state index in [9.17, 15) is 0 Å². The van der Waals surface area contributed by atoms with Crippen LogP contribution in [0.1, 0.15) is 13.8 Å². The minimum absolute atomic E-state index is 1.27. The van der Waals surface area contributed by atoms with Crippen molar-refractivity contribution in [3.8, 4) is 0 Å². The third kappa shape index (κ3) is 1.72. The number of aromatic nitrogens is 2. The van der Waals surface area contributed by atoms with Gasteiger partial charge in [0, 0.05) is 18.6 Å². The van der Waals surface area contributed by atoms with Crippen molar-refractivity contribution in [3.05, 3.63) is 24.3 Å². The van der Waals surface area contributed by atoms with E-state index in [-0.39, 0.29) is 0 Å². The first kappa shape index (κ1) is 6.08. The highest BCUT2D eigenvalue weighted by atomic mass is 15.0. The first-order valence-corrected chi connectivity index (χ1v) is 2.91. The van der Waals surface area contributed by atoms with Crippen LogP contribution in [-0.4, -0.2) is 9.55 Å². The van der Waals surface area contributed by atoms with Crippen LogP contribution in [0.15, 0.2) is 24.3 Å². The van der Waals surface area contributed by atoms with Gasteiger partial charge in [0.1, 0.15) is 0 Å². The van der Waals surface area contributed by atoms with Crippen LogP contribution < -0.4 is 0 Å². The number of nitrogens with zero attached hydrogens (tertiary/aromatic N) is 2. The summed E-state index contributed by atoms with van der Waals surface area (Å²) in [6.45, 7) is 4.11. The van der Waals surface area contributed by atoms with Gasteiger partial charge in [-0.1, -0.05) is 5.57 Å². The van der Waals surface area contributed by atoms with E-state index in [0.29, 0.717) is 0 Å². The normalized spacial score (nSPS) is 9.11. The van der Waals surface area contributed by atoms with E-state index in [0.717, 1.165) is 0 Å². The molecule has 1 rings (SSSR count). The van der Waals surface area contributed by atoms with E-state index < -0.39 is 0 Å². The molecule has 0 aliphatic rings. The average molecular weight is 122 g/mol. The van der Waals surface area contributed by atoms with Gasteiger partial charge in [-0.15, -0.1) is 0 Å². The fraction of sp³-hybridized carbons (Fsp3) is 0.286. The molecular weight excluding hydrogens is 112 g/mol. The Kier molecular flexibility index (Phi) is 1.68. The zero-order valence-electron chi connectivity index (χ0n) is 5.70. The van der Waals surface area contributed by atoms with Crippen molar-refractivity contribution in [1.29, 1.82) is 0 Å². The Bertz CT molecular complexity index is 193. The molecule has 0 aromatic carbocycles. The molecule has 0 bridgehead atoms. The van der Waals surface area contributed by atoms with Gasteiger partial charge in [0.15, 0.2) is 0 Å². The lowest BCUT2D eigenvalue weighted by Gasteiger charge is -1.90. The predicted molar refractivity (Wildman–Crippen MR) is 37.8 cm³/mol. The van der Waals surface area contributed by atoms with Gasteiger partial charge in [0.05, 0.1) is 6.33 Å². The molecule has 0 N–H and O–H groups in total. The van der Waals surface area contributed by atoms with Crippen LogP contribution >= 0.6 is 0 Å². The van der Waals surface area contributed by atoms with Crippen molar-refractivity contribution >= 4 is 6.20 Å². The molecule has 0 saturated carbocycles.